The van der Waals surface area contributed by atoms with Gasteiger partial charge in [-0.1, -0.05) is 63.0 Å². The summed E-state index contributed by atoms with van der Waals surface area (Å²) in [5, 5.41) is 11.1. The van der Waals surface area contributed by atoms with Crippen LogP contribution in [0.15, 0.2) is 52.1 Å². The summed E-state index contributed by atoms with van der Waals surface area (Å²) in [6.07, 6.45) is 0. The van der Waals surface area contributed by atoms with E-state index in [1.165, 1.54) is 11.8 Å². The zero-order valence-corrected chi connectivity index (χ0v) is 16.5. The second-order valence-corrected chi connectivity index (χ2v) is 7.64. The Bertz CT molecular complexity index is 901. The van der Waals surface area contributed by atoms with E-state index in [2.05, 4.69) is 36.4 Å². The Balaban J connectivity index is 1.58. The summed E-state index contributed by atoms with van der Waals surface area (Å²) in [5.74, 6) is 0.608. The molecule has 2 aromatic carbocycles. The molecule has 0 saturated heterocycles. The molecule has 0 atom stereocenters. The minimum Gasteiger partial charge on any atom is -0.324 e. The van der Waals surface area contributed by atoms with E-state index >= 15 is 0 Å². The van der Waals surface area contributed by atoms with Crippen molar-refractivity contribution >= 4 is 62.5 Å². The number of nitrogens with one attached hydrogen (secondary N) is 2. The fraction of sp³-hybridized carbons (Fsp3) is 0.0625. The van der Waals surface area contributed by atoms with E-state index < -0.39 is 0 Å². The van der Waals surface area contributed by atoms with Gasteiger partial charge in [0.25, 0.3) is 0 Å². The number of anilines is 1. The van der Waals surface area contributed by atoms with Crippen LogP contribution in [0.2, 0.25) is 10.0 Å². The number of H-pyrrole nitrogens is 1. The van der Waals surface area contributed by atoms with E-state index in [4.69, 9.17) is 23.2 Å². The van der Waals surface area contributed by atoms with Crippen LogP contribution in [0, 0.1) is 0 Å². The largest absolute Gasteiger partial charge is 0.324 e. The van der Waals surface area contributed by atoms with Crippen LogP contribution in [0.25, 0.3) is 11.4 Å². The fourth-order valence-electron chi connectivity index (χ4n) is 1.96. The molecule has 0 saturated carbocycles. The Labute approximate surface area is 166 Å². The van der Waals surface area contributed by atoms with Crippen molar-refractivity contribution in [2.45, 2.75) is 5.16 Å². The van der Waals surface area contributed by atoms with Gasteiger partial charge in [0.05, 0.1) is 16.5 Å². The molecule has 0 aliphatic carbocycles. The van der Waals surface area contributed by atoms with E-state index in [1.54, 1.807) is 18.2 Å². The van der Waals surface area contributed by atoms with E-state index in [0.29, 0.717) is 26.7 Å². The third-order valence-electron chi connectivity index (χ3n) is 3.12. The molecule has 0 radical (unpaired) electrons. The minimum absolute atomic E-state index is 0.163. The van der Waals surface area contributed by atoms with Gasteiger partial charge in [-0.3, -0.25) is 9.89 Å². The smallest absolute Gasteiger partial charge is 0.234 e. The van der Waals surface area contributed by atoms with Gasteiger partial charge in [0.1, 0.15) is 0 Å². The molecule has 9 heteroatoms. The molecule has 128 valence electrons. The molecule has 0 spiro atoms. The van der Waals surface area contributed by atoms with Crippen molar-refractivity contribution in [3.63, 3.8) is 0 Å². The van der Waals surface area contributed by atoms with Crippen molar-refractivity contribution in [2.24, 2.45) is 0 Å². The summed E-state index contributed by atoms with van der Waals surface area (Å²) in [6, 6.07) is 12.6. The topological polar surface area (TPSA) is 70.7 Å². The number of hydrogen-bond donors (Lipinski definition) is 2. The van der Waals surface area contributed by atoms with Crippen LogP contribution in [0.3, 0.4) is 0 Å². The zero-order valence-electron chi connectivity index (χ0n) is 12.6. The monoisotopic (exact) mass is 456 g/mol. The van der Waals surface area contributed by atoms with Crippen molar-refractivity contribution in [2.75, 3.05) is 11.1 Å². The van der Waals surface area contributed by atoms with Gasteiger partial charge >= 0.3 is 0 Å². The first kappa shape index (κ1) is 18.3. The van der Waals surface area contributed by atoms with Gasteiger partial charge in [0, 0.05) is 15.1 Å². The lowest BCUT2D eigenvalue weighted by Crippen LogP contribution is -2.14. The van der Waals surface area contributed by atoms with Crippen molar-refractivity contribution < 1.29 is 4.79 Å². The maximum absolute atomic E-state index is 12.0. The van der Waals surface area contributed by atoms with Gasteiger partial charge in [0.2, 0.25) is 11.1 Å². The number of aromatic nitrogens is 3. The number of amides is 1. The number of carbonyl (C=O) groups excluding carboxylic acids is 1. The van der Waals surface area contributed by atoms with Gasteiger partial charge in [-0.05, 0) is 30.3 Å². The van der Waals surface area contributed by atoms with Crippen LogP contribution in [-0.4, -0.2) is 26.8 Å². The highest BCUT2D eigenvalue weighted by molar-refractivity contribution is 9.10. The van der Waals surface area contributed by atoms with Gasteiger partial charge < -0.3 is 5.32 Å². The number of aromatic amines is 1. The SMILES string of the molecule is O=C(CSc1n[nH]c(-c2ccc(Br)cc2)n1)Nc1ccc(Cl)cc1Cl. The average Bonchev–Trinajstić information content (AvgIpc) is 3.05. The Hall–Kier alpha value is -1.54. The molecule has 5 nitrogen and oxygen atoms in total. The summed E-state index contributed by atoms with van der Waals surface area (Å²) in [5.41, 5.74) is 1.43. The first-order valence-electron chi connectivity index (χ1n) is 7.07. The predicted molar refractivity (Wildman–Crippen MR) is 105 cm³/mol. The molecule has 3 rings (SSSR count). The second kappa shape index (κ2) is 8.23. The lowest BCUT2D eigenvalue weighted by Gasteiger charge is -2.06. The van der Waals surface area contributed by atoms with Crippen molar-refractivity contribution in [1.82, 2.24) is 15.2 Å². The van der Waals surface area contributed by atoms with Gasteiger partial charge in [0.15, 0.2) is 5.82 Å². The summed E-state index contributed by atoms with van der Waals surface area (Å²) in [4.78, 5) is 16.4. The van der Waals surface area contributed by atoms with Crippen LogP contribution in [0.1, 0.15) is 0 Å². The molecule has 1 amide bonds. The van der Waals surface area contributed by atoms with Crippen LogP contribution in [0.5, 0.6) is 0 Å². The normalized spacial score (nSPS) is 10.7. The fourth-order valence-corrected chi connectivity index (χ4v) is 3.27. The summed E-state index contributed by atoms with van der Waals surface area (Å²) >= 11 is 16.5. The molecule has 0 unspecified atom stereocenters. The summed E-state index contributed by atoms with van der Waals surface area (Å²) in [7, 11) is 0. The van der Waals surface area contributed by atoms with Gasteiger partial charge in [-0.15, -0.1) is 5.10 Å². The van der Waals surface area contributed by atoms with Crippen LogP contribution >= 0.6 is 50.9 Å². The second-order valence-electron chi connectivity index (χ2n) is 4.93. The molecule has 25 heavy (non-hydrogen) atoms. The number of rotatable bonds is 5. The van der Waals surface area contributed by atoms with Crippen molar-refractivity contribution in [1.29, 1.82) is 0 Å². The van der Waals surface area contributed by atoms with Gasteiger partial charge in [-0.25, -0.2) is 4.98 Å². The molecular weight excluding hydrogens is 447 g/mol. The van der Waals surface area contributed by atoms with Crippen LogP contribution in [0.4, 0.5) is 5.69 Å². The van der Waals surface area contributed by atoms with E-state index in [-0.39, 0.29) is 11.7 Å². The van der Waals surface area contributed by atoms with Gasteiger partial charge in [-0.2, -0.15) is 0 Å². The highest BCUT2D eigenvalue weighted by atomic mass is 79.9. The maximum Gasteiger partial charge on any atom is 0.234 e. The van der Waals surface area contributed by atoms with E-state index in [1.807, 2.05) is 24.3 Å². The van der Waals surface area contributed by atoms with E-state index in [0.717, 1.165) is 10.0 Å². The molecular formula is C16H11BrCl2N4OS. The molecule has 2 N–H and O–H groups in total. The highest BCUT2D eigenvalue weighted by Gasteiger charge is 2.10. The molecule has 0 aliphatic heterocycles. The first-order valence-corrected chi connectivity index (χ1v) is 9.61. The molecule has 0 bridgehead atoms. The Morgan fingerprint density at radius 1 is 1.20 bits per heavy atom. The minimum atomic E-state index is -0.204. The highest BCUT2D eigenvalue weighted by Crippen LogP contribution is 2.26. The van der Waals surface area contributed by atoms with Crippen LogP contribution < -0.4 is 5.32 Å². The molecule has 3 aromatic rings. The summed E-state index contributed by atoms with van der Waals surface area (Å²) in [6.45, 7) is 0. The predicted octanol–water partition coefficient (Wildman–Crippen LogP) is 5.27. The molecule has 0 fully saturated rings. The summed E-state index contributed by atoms with van der Waals surface area (Å²) < 4.78 is 0.989. The quantitative estimate of drug-likeness (QED) is 0.512. The average molecular weight is 458 g/mol. The van der Waals surface area contributed by atoms with E-state index in [9.17, 15) is 4.79 Å². The standard InChI is InChI=1S/C16H11BrCl2N4OS/c17-10-3-1-9(2-4-10)15-21-16(23-22-15)25-8-14(24)20-13-6-5-11(18)7-12(13)19/h1-7H,8H2,(H,20,24)(H,21,22,23). The molecule has 1 aromatic heterocycles. The zero-order chi connectivity index (χ0) is 17.8. The van der Waals surface area contributed by atoms with Crippen molar-refractivity contribution in [3.8, 4) is 11.4 Å². The lowest BCUT2D eigenvalue weighted by molar-refractivity contribution is -0.113. The van der Waals surface area contributed by atoms with Crippen LogP contribution in [-0.2, 0) is 4.79 Å². The number of thioether (sulfide) groups is 1. The third-order valence-corrected chi connectivity index (χ3v) is 5.04. The number of halogens is 3. The molecule has 1 heterocycles. The van der Waals surface area contributed by atoms with Crippen molar-refractivity contribution in [3.05, 3.63) is 57.0 Å². The number of nitrogens with zero attached hydrogens (tertiary/aromatic N) is 2. The Morgan fingerprint density at radius 3 is 2.68 bits per heavy atom. The Kier molecular flexibility index (Phi) is 6.01. The number of hydrogen-bond acceptors (Lipinski definition) is 4. The molecule has 0 aliphatic rings. The first-order chi connectivity index (χ1) is 12.0. The third kappa shape index (κ3) is 4.98. The number of benzene rings is 2. The number of carbonyl (C=O) groups is 1. The Morgan fingerprint density at radius 2 is 1.96 bits per heavy atom. The lowest BCUT2D eigenvalue weighted by atomic mass is 10.2. The maximum atomic E-state index is 12.0.